The van der Waals surface area contributed by atoms with Crippen LogP contribution in [0.1, 0.15) is 27.2 Å². The van der Waals surface area contributed by atoms with Gasteiger partial charge in [0.15, 0.2) is 0 Å². The van der Waals surface area contributed by atoms with E-state index in [0.29, 0.717) is 13.1 Å². The van der Waals surface area contributed by atoms with Crippen molar-refractivity contribution in [2.24, 2.45) is 11.8 Å². The van der Waals surface area contributed by atoms with Crippen LogP contribution in [0.15, 0.2) is 30.6 Å². The van der Waals surface area contributed by atoms with Crippen molar-refractivity contribution < 1.29 is 14.3 Å². The van der Waals surface area contributed by atoms with Crippen molar-refractivity contribution in [1.82, 2.24) is 19.6 Å². The van der Waals surface area contributed by atoms with Gasteiger partial charge in [-0.05, 0) is 33.3 Å². The van der Waals surface area contributed by atoms with Crippen LogP contribution in [-0.4, -0.2) is 68.8 Å². The van der Waals surface area contributed by atoms with Crippen LogP contribution in [0.3, 0.4) is 0 Å². The summed E-state index contributed by atoms with van der Waals surface area (Å²) < 4.78 is 8.05. The van der Waals surface area contributed by atoms with Crippen molar-refractivity contribution in [3.05, 3.63) is 30.6 Å². The van der Waals surface area contributed by atoms with Gasteiger partial charge in [0.05, 0.1) is 24.5 Å². The fourth-order valence-corrected chi connectivity index (χ4v) is 4.62. The monoisotopic (exact) mass is 372 g/mol. The minimum absolute atomic E-state index is 0.000740. The van der Waals surface area contributed by atoms with Crippen molar-refractivity contribution in [2.45, 2.75) is 51.0 Å². The number of hydrogen-bond acceptors (Lipinski definition) is 4. The molecule has 1 aromatic heterocycles. The summed E-state index contributed by atoms with van der Waals surface area (Å²) in [6, 6.07) is 1.89. The van der Waals surface area contributed by atoms with E-state index in [1.807, 2.05) is 61.8 Å². The Kier molecular flexibility index (Phi) is 4.18. The average Bonchev–Trinajstić information content (AvgIpc) is 3.35. The van der Waals surface area contributed by atoms with Crippen molar-refractivity contribution in [1.29, 1.82) is 0 Å². The third-order valence-electron chi connectivity index (χ3n) is 6.01. The molecule has 7 heteroatoms. The van der Waals surface area contributed by atoms with E-state index in [2.05, 4.69) is 5.10 Å². The van der Waals surface area contributed by atoms with Crippen molar-refractivity contribution in [3.8, 4) is 0 Å². The number of amides is 2. The molecule has 0 radical (unpaired) electrons. The Labute approximate surface area is 159 Å². The molecule has 2 saturated heterocycles. The second kappa shape index (κ2) is 6.19. The third kappa shape index (κ3) is 2.88. The van der Waals surface area contributed by atoms with Crippen LogP contribution in [0.5, 0.6) is 0 Å². The van der Waals surface area contributed by atoms with E-state index >= 15 is 0 Å². The lowest BCUT2D eigenvalue weighted by Gasteiger charge is -2.34. The van der Waals surface area contributed by atoms with E-state index in [1.165, 1.54) is 0 Å². The van der Waals surface area contributed by atoms with Gasteiger partial charge < -0.3 is 14.5 Å². The molecule has 3 aliphatic heterocycles. The Balaban J connectivity index is 1.46. The number of fused-ring (bicyclic) bond motifs is 1. The number of likely N-dealkylation sites (tertiary alicyclic amines) is 1. The maximum absolute atomic E-state index is 13.2. The number of ether oxygens (including phenoxy) is 1. The molecular formula is C20H28N4O3. The molecule has 1 aromatic rings. The van der Waals surface area contributed by atoms with Gasteiger partial charge in [0.1, 0.15) is 5.60 Å². The maximum Gasteiger partial charge on any atom is 0.230 e. The van der Waals surface area contributed by atoms with E-state index in [4.69, 9.17) is 4.74 Å². The molecule has 7 nitrogen and oxygen atoms in total. The number of hydrogen-bond donors (Lipinski definition) is 0. The summed E-state index contributed by atoms with van der Waals surface area (Å²) in [5.41, 5.74) is -0.917. The second-order valence-electron chi connectivity index (χ2n) is 8.88. The molecule has 146 valence electrons. The summed E-state index contributed by atoms with van der Waals surface area (Å²) in [7, 11) is 1.81. The molecule has 4 rings (SSSR count). The number of carbonyl (C=O) groups is 2. The van der Waals surface area contributed by atoms with Crippen LogP contribution in [-0.2, 0) is 20.9 Å². The molecule has 2 amide bonds. The molecule has 2 unspecified atom stereocenters. The molecule has 2 bridgehead atoms. The predicted molar refractivity (Wildman–Crippen MR) is 99.7 cm³/mol. The molecule has 0 aromatic carbocycles. The zero-order chi connectivity index (χ0) is 19.4. The van der Waals surface area contributed by atoms with Gasteiger partial charge in [0.25, 0.3) is 0 Å². The largest absolute Gasteiger partial charge is 0.360 e. The molecule has 0 N–H and O–H groups in total. The van der Waals surface area contributed by atoms with Crippen LogP contribution in [0.4, 0.5) is 0 Å². The molecule has 4 heterocycles. The summed E-state index contributed by atoms with van der Waals surface area (Å²) in [4.78, 5) is 29.9. The van der Waals surface area contributed by atoms with Gasteiger partial charge in [-0.1, -0.05) is 12.2 Å². The van der Waals surface area contributed by atoms with Gasteiger partial charge in [-0.25, -0.2) is 0 Å². The highest BCUT2D eigenvalue weighted by Gasteiger charge is 2.68. The number of aryl methyl sites for hydroxylation is 1. The number of carbonyl (C=O) groups excluding carboxylic acids is 2. The zero-order valence-corrected chi connectivity index (χ0v) is 16.5. The van der Waals surface area contributed by atoms with Gasteiger partial charge >= 0.3 is 0 Å². The second-order valence-corrected chi connectivity index (χ2v) is 8.88. The molecule has 0 saturated carbocycles. The van der Waals surface area contributed by atoms with E-state index in [1.54, 1.807) is 11.1 Å². The van der Waals surface area contributed by atoms with E-state index in [9.17, 15) is 9.59 Å². The molecule has 3 aliphatic rings. The Bertz CT molecular complexity index is 767. The Morgan fingerprint density at radius 2 is 2.22 bits per heavy atom. The topological polar surface area (TPSA) is 67.7 Å². The summed E-state index contributed by atoms with van der Waals surface area (Å²) in [6.45, 7) is 7.99. The van der Waals surface area contributed by atoms with Crippen LogP contribution < -0.4 is 0 Å². The summed E-state index contributed by atoms with van der Waals surface area (Å²) >= 11 is 0. The zero-order valence-electron chi connectivity index (χ0n) is 16.5. The number of aromatic nitrogens is 2. The van der Waals surface area contributed by atoms with Crippen LogP contribution in [0, 0.1) is 11.8 Å². The summed E-state index contributed by atoms with van der Waals surface area (Å²) in [6.07, 6.45) is 8.17. The normalized spacial score (nSPS) is 31.6. The first kappa shape index (κ1) is 18.2. The van der Waals surface area contributed by atoms with Crippen LogP contribution in [0.2, 0.25) is 0 Å². The molecule has 27 heavy (non-hydrogen) atoms. The lowest BCUT2D eigenvalue weighted by molar-refractivity contribution is -0.144. The Morgan fingerprint density at radius 3 is 2.89 bits per heavy atom. The van der Waals surface area contributed by atoms with Crippen LogP contribution in [0.25, 0.3) is 0 Å². The SMILES string of the molecule is CN(CCCn1cccn1)C(=O)C1C2C(=O)N(C(C)(C)C)C[C@]23C=C[C@H]1O3. The van der Waals surface area contributed by atoms with Gasteiger partial charge in [-0.15, -0.1) is 0 Å². The van der Waals surface area contributed by atoms with E-state index < -0.39 is 17.4 Å². The maximum atomic E-state index is 13.2. The van der Waals surface area contributed by atoms with Gasteiger partial charge in [-0.3, -0.25) is 14.3 Å². The standard InChI is InChI=1S/C20H28N4O3/c1-19(2,3)24-13-20-8-7-14(27-20)15(16(20)18(24)26)17(25)22(4)10-6-12-23-11-5-9-21-23/h5,7-9,11,14-16H,6,10,12-13H2,1-4H3/t14-,15?,16?,20-/m1/s1. The highest BCUT2D eigenvalue weighted by atomic mass is 16.5. The first-order valence-corrected chi connectivity index (χ1v) is 9.64. The minimum Gasteiger partial charge on any atom is -0.360 e. The Hall–Kier alpha value is -2.15. The first-order valence-electron chi connectivity index (χ1n) is 9.64. The number of nitrogens with zero attached hydrogens (tertiary/aromatic N) is 4. The fraction of sp³-hybridized carbons (Fsp3) is 0.650. The lowest BCUT2D eigenvalue weighted by atomic mass is 9.76. The average molecular weight is 372 g/mol. The Morgan fingerprint density at radius 1 is 1.44 bits per heavy atom. The molecular weight excluding hydrogens is 344 g/mol. The van der Waals surface area contributed by atoms with E-state index in [0.717, 1.165) is 13.0 Å². The lowest BCUT2D eigenvalue weighted by Crippen LogP contribution is -2.47. The molecule has 0 aliphatic carbocycles. The third-order valence-corrected chi connectivity index (χ3v) is 6.01. The van der Waals surface area contributed by atoms with Crippen molar-refractivity contribution in [2.75, 3.05) is 20.1 Å². The smallest absolute Gasteiger partial charge is 0.230 e. The molecule has 4 atom stereocenters. The quantitative estimate of drug-likeness (QED) is 0.731. The predicted octanol–water partition coefficient (Wildman–Crippen LogP) is 1.31. The highest BCUT2D eigenvalue weighted by Crippen LogP contribution is 2.53. The summed E-state index contributed by atoms with van der Waals surface area (Å²) in [5.74, 6) is -0.796. The minimum atomic E-state index is -0.634. The molecule has 1 spiro atoms. The van der Waals surface area contributed by atoms with E-state index in [-0.39, 0.29) is 23.5 Å². The van der Waals surface area contributed by atoms with Gasteiger partial charge in [0, 0.05) is 38.1 Å². The van der Waals surface area contributed by atoms with Gasteiger partial charge in [0.2, 0.25) is 11.8 Å². The number of rotatable bonds is 5. The summed E-state index contributed by atoms with van der Waals surface area (Å²) in [5, 5.41) is 4.18. The van der Waals surface area contributed by atoms with Gasteiger partial charge in [-0.2, -0.15) is 5.10 Å². The first-order chi connectivity index (χ1) is 12.7. The fourth-order valence-electron chi connectivity index (χ4n) is 4.62. The highest BCUT2D eigenvalue weighted by molar-refractivity contribution is 5.93. The van der Waals surface area contributed by atoms with Crippen molar-refractivity contribution >= 4 is 11.8 Å². The molecule has 2 fully saturated rings. The van der Waals surface area contributed by atoms with Crippen LogP contribution >= 0.6 is 0 Å². The van der Waals surface area contributed by atoms with Crippen molar-refractivity contribution in [3.63, 3.8) is 0 Å².